The van der Waals surface area contributed by atoms with Crippen molar-refractivity contribution in [2.45, 2.75) is 165 Å². The summed E-state index contributed by atoms with van der Waals surface area (Å²) in [4.78, 5) is 119. The maximum atomic E-state index is 15.2. The summed E-state index contributed by atoms with van der Waals surface area (Å²) < 4.78 is 12.4. The molecule has 6 aromatic rings. The first kappa shape index (κ1) is 70.0. The normalized spacial score (nSPS) is 20.2. The van der Waals surface area contributed by atoms with Crippen molar-refractivity contribution in [3.63, 3.8) is 0 Å². The Kier molecular flexibility index (Phi) is 24.9. The predicted molar refractivity (Wildman–Crippen MR) is 368 cm³/mol. The van der Waals surface area contributed by atoms with Gasteiger partial charge in [-0.25, -0.2) is 0 Å². The molecule has 2 saturated heterocycles. The van der Waals surface area contributed by atoms with E-state index in [9.17, 15) is 28.8 Å². The Bertz CT molecular complexity index is 3360. The molecular weight excluding hydrogens is 1210 g/mol. The van der Waals surface area contributed by atoms with Crippen molar-refractivity contribution in [3.05, 3.63) is 191 Å². The lowest BCUT2D eigenvalue weighted by atomic mass is 9.83. The molecule has 6 aromatic carbocycles. The van der Waals surface area contributed by atoms with Crippen molar-refractivity contribution in [1.82, 2.24) is 52.3 Å². The van der Waals surface area contributed by atoms with Crippen LogP contribution in [0.3, 0.4) is 0 Å². The molecule has 0 radical (unpaired) electrons. The van der Waals surface area contributed by atoms with Crippen LogP contribution in [0.4, 0.5) is 0 Å². The standard InChI is InChI=1S/C76H94N10O10/c1-49(77-3)69(87)83-67(55-31-19-9-20-32-55)75(93)85-43-61(41-65(85)73(91)81-63(53-27-15-7-16-28-53)47-95-45-51-23-11-5-12-24-51)79-71(89)59-37-35-58-40-60(38-36-57(58)39-59)72(90)80-62-42-66(86(44-62)76(94)68(56-33-21-10-22-34-56)84-70(88)50(2)78-4)74(92)82-64(54-29-17-8-18-30-54)48-96-46-52-25-13-6-14-26-52/h5-8,11-18,23-30,35-40,49-50,55-56,61-68,77-78H,9-10,19-22,31-34,41-48H2,1-4H3,(H,79,89)(H,80,90)(H,81,91)(H,82,92)(H,83,87)(H,84,88)/t49-,50-,61-,62-,63+,64+,65-,66-,67-,68-/m0/s1. The second kappa shape index (κ2) is 34.2. The Morgan fingerprint density at radius 1 is 0.448 bits per heavy atom. The Labute approximate surface area is 563 Å². The van der Waals surface area contributed by atoms with Crippen LogP contribution in [0.5, 0.6) is 0 Å². The topological polar surface area (TPSA) is 258 Å². The average molecular weight is 1310 g/mol. The van der Waals surface area contributed by atoms with Gasteiger partial charge < -0.3 is 61.8 Å². The second-order valence-corrected chi connectivity index (χ2v) is 26.3. The van der Waals surface area contributed by atoms with Gasteiger partial charge in [-0.3, -0.25) is 38.4 Å². The summed E-state index contributed by atoms with van der Waals surface area (Å²) in [7, 11) is 3.37. The van der Waals surface area contributed by atoms with Gasteiger partial charge in [0.1, 0.15) is 24.2 Å². The number of carbonyl (C=O) groups is 8. The van der Waals surface area contributed by atoms with Gasteiger partial charge in [0, 0.05) is 36.3 Å². The van der Waals surface area contributed by atoms with Crippen LogP contribution in [0.15, 0.2) is 158 Å². The summed E-state index contributed by atoms with van der Waals surface area (Å²) in [5.74, 6) is -3.38. The smallest absolute Gasteiger partial charge is 0.251 e. The van der Waals surface area contributed by atoms with Crippen LogP contribution in [0.25, 0.3) is 10.8 Å². The van der Waals surface area contributed by atoms with E-state index in [1.54, 1.807) is 64.3 Å². The van der Waals surface area contributed by atoms with E-state index in [-0.39, 0.29) is 74.6 Å². The van der Waals surface area contributed by atoms with Gasteiger partial charge in [-0.15, -0.1) is 0 Å². The number of likely N-dealkylation sites (tertiary alicyclic amines) is 2. The minimum atomic E-state index is -1.01. The maximum absolute atomic E-state index is 15.2. The number of hydrogen-bond acceptors (Lipinski definition) is 12. The molecule has 4 fully saturated rings. The van der Waals surface area contributed by atoms with E-state index in [0.717, 1.165) is 86.5 Å². The Morgan fingerprint density at radius 2 is 0.802 bits per heavy atom. The third kappa shape index (κ3) is 18.4. The molecule has 0 unspecified atom stereocenters. The molecule has 20 heteroatoms. The fourth-order valence-corrected chi connectivity index (χ4v) is 13.9. The van der Waals surface area contributed by atoms with Crippen LogP contribution in [0.2, 0.25) is 0 Å². The number of ether oxygens (including phenoxy) is 2. The molecule has 10 atom stereocenters. The van der Waals surface area contributed by atoms with Gasteiger partial charge in [-0.2, -0.15) is 0 Å². The van der Waals surface area contributed by atoms with Gasteiger partial charge in [0.25, 0.3) is 11.8 Å². The fraction of sp³-hybridized carbons (Fsp3) is 0.447. The lowest BCUT2D eigenvalue weighted by Gasteiger charge is -2.35. The highest BCUT2D eigenvalue weighted by Crippen LogP contribution is 2.33. The van der Waals surface area contributed by atoms with Crippen LogP contribution < -0.4 is 42.5 Å². The third-order valence-electron chi connectivity index (χ3n) is 19.7. The predicted octanol–water partition coefficient (Wildman–Crippen LogP) is 7.73. The Balaban J connectivity index is 0.854. The van der Waals surface area contributed by atoms with E-state index in [2.05, 4.69) is 42.5 Å². The summed E-state index contributed by atoms with van der Waals surface area (Å²) >= 11 is 0. The van der Waals surface area contributed by atoms with Gasteiger partial charge in [-0.05, 0) is 136 Å². The van der Waals surface area contributed by atoms with Crippen LogP contribution in [0.1, 0.15) is 146 Å². The van der Waals surface area contributed by atoms with Crippen molar-refractivity contribution in [3.8, 4) is 0 Å². The second-order valence-electron chi connectivity index (χ2n) is 26.3. The van der Waals surface area contributed by atoms with Crippen LogP contribution in [-0.4, -0.2) is 146 Å². The van der Waals surface area contributed by atoms with Crippen molar-refractivity contribution in [1.29, 1.82) is 0 Å². The van der Waals surface area contributed by atoms with Crippen LogP contribution >= 0.6 is 0 Å². The summed E-state index contributed by atoms with van der Waals surface area (Å²) in [5.41, 5.74) is 4.22. The number of fused-ring (bicyclic) bond motifs is 1. The van der Waals surface area contributed by atoms with E-state index in [4.69, 9.17) is 9.47 Å². The molecule has 2 saturated carbocycles. The van der Waals surface area contributed by atoms with Crippen molar-refractivity contribution in [2.75, 3.05) is 40.4 Å². The van der Waals surface area contributed by atoms with E-state index in [1.165, 1.54) is 9.80 Å². The van der Waals surface area contributed by atoms with Crippen molar-refractivity contribution >= 4 is 58.0 Å². The number of amides is 8. The zero-order chi connectivity index (χ0) is 67.5. The van der Waals surface area contributed by atoms with Crippen LogP contribution in [-0.2, 0) is 51.5 Å². The zero-order valence-corrected chi connectivity index (χ0v) is 55.6. The molecule has 4 aliphatic rings. The molecule has 8 N–H and O–H groups in total. The number of carbonyl (C=O) groups excluding carboxylic acids is 8. The molecule has 0 spiro atoms. The molecular formula is C76H94N10O10. The monoisotopic (exact) mass is 1310 g/mol. The SMILES string of the molecule is CN[C@@H](C)C(=O)N[C@H](C(=O)N1C[C@@H](NC(=O)c2ccc3cc(C(=O)N[C@H]4C[C@@H](C(=O)N[C@H](COCc5ccccc5)c5ccccc5)N(C(=O)[C@@H](NC(=O)[C@H](C)NC)C5CCCCC5)C4)ccc3c2)C[C@H]1C(=O)N[C@H](COCc1ccccc1)c1ccccc1)C1CCCCC1. The number of rotatable bonds is 28. The van der Waals surface area contributed by atoms with Gasteiger partial charge in [0.05, 0.1) is 50.6 Å². The lowest BCUT2D eigenvalue weighted by molar-refractivity contribution is -0.143. The molecule has 508 valence electrons. The van der Waals surface area contributed by atoms with Crippen LogP contribution in [0, 0.1) is 11.8 Å². The van der Waals surface area contributed by atoms with Gasteiger partial charge in [-0.1, -0.05) is 172 Å². The Morgan fingerprint density at radius 3 is 1.16 bits per heavy atom. The summed E-state index contributed by atoms with van der Waals surface area (Å²) in [6.45, 7) is 4.43. The van der Waals surface area contributed by atoms with Gasteiger partial charge >= 0.3 is 0 Å². The summed E-state index contributed by atoms with van der Waals surface area (Å²) in [5, 5.41) is 26.1. The first-order valence-electron chi connectivity index (χ1n) is 34.3. The van der Waals surface area contributed by atoms with E-state index in [1.807, 2.05) is 121 Å². The molecule has 2 aliphatic heterocycles. The Hall–Kier alpha value is -8.82. The summed E-state index contributed by atoms with van der Waals surface area (Å²) in [6, 6.07) is 41.4. The zero-order valence-electron chi connectivity index (χ0n) is 55.6. The number of likely N-dealkylation sites (N-methyl/N-ethyl adjacent to an activating group) is 2. The first-order valence-corrected chi connectivity index (χ1v) is 34.3. The molecule has 2 heterocycles. The highest BCUT2D eigenvalue weighted by molar-refractivity contribution is 6.03. The highest BCUT2D eigenvalue weighted by Gasteiger charge is 2.47. The number of hydrogen-bond donors (Lipinski definition) is 8. The highest BCUT2D eigenvalue weighted by atomic mass is 16.5. The number of nitrogens with one attached hydrogen (secondary N) is 8. The van der Waals surface area contributed by atoms with Crippen molar-refractivity contribution in [2.24, 2.45) is 11.8 Å². The molecule has 96 heavy (non-hydrogen) atoms. The molecule has 8 amide bonds. The third-order valence-corrected chi connectivity index (χ3v) is 19.7. The number of nitrogens with zero attached hydrogens (tertiary/aromatic N) is 2. The van der Waals surface area contributed by atoms with Gasteiger partial charge in [0.2, 0.25) is 35.4 Å². The van der Waals surface area contributed by atoms with Crippen molar-refractivity contribution < 1.29 is 47.8 Å². The minimum absolute atomic E-state index is 0.0141. The first-order chi connectivity index (χ1) is 46.6. The number of benzene rings is 6. The fourth-order valence-electron chi connectivity index (χ4n) is 13.9. The summed E-state index contributed by atoms with van der Waals surface area (Å²) in [6.07, 6.45) is 8.86. The quantitative estimate of drug-likeness (QED) is 0.0235. The molecule has 10 rings (SSSR count). The lowest BCUT2D eigenvalue weighted by Crippen LogP contribution is -2.58. The molecule has 20 nitrogen and oxygen atoms in total. The largest absolute Gasteiger partial charge is 0.374 e. The molecule has 2 aliphatic carbocycles. The van der Waals surface area contributed by atoms with E-state index in [0.29, 0.717) is 35.1 Å². The molecule has 0 aromatic heterocycles. The van der Waals surface area contributed by atoms with E-state index < -0.39 is 84.0 Å². The minimum Gasteiger partial charge on any atom is -0.374 e. The maximum Gasteiger partial charge on any atom is 0.251 e. The van der Waals surface area contributed by atoms with Gasteiger partial charge in [0.15, 0.2) is 0 Å². The molecule has 0 bridgehead atoms. The average Bonchev–Trinajstić information content (AvgIpc) is 1.60. The van der Waals surface area contributed by atoms with E-state index >= 15 is 9.59 Å².